The van der Waals surface area contributed by atoms with Gasteiger partial charge in [-0.3, -0.25) is 0 Å². The Labute approximate surface area is 135 Å². The van der Waals surface area contributed by atoms with Crippen LogP contribution in [0.15, 0.2) is 23.4 Å². The van der Waals surface area contributed by atoms with Crippen LogP contribution in [0.5, 0.6) is 5.75 Å². The molecule has 0 saturated carbocycles. The van der Waals surface area contributed by atoms with Crippen LogP contribution in [0.2, 0.25) is 0 Å². The number of ether oxygens (including phenoxy) is 1. The zero-order valence-electron chi connectivity index (χ0n) is 12.7. The highest BCUT2D eigenvalue weighted by atomic mass is 19.4. The van der Waals surface area contributed by atoms with E-state index < -0.39 is 17.9 Å². The van der Waals surface area contributed by atoms with Crippen molar-refractivity contribution in [2.75, 3.05) is 19.6 Å². The van der Waals surface area contributed by atoms with Crippen molar-refractivity contribution >= 4 is 5.84 Å². The Morgan fingerprint density at radius 2 is 2.00 bits per heavy atom. The van der Waals surface area contributed by atoms with Gasteiger partial charge in [0.25, 0.3) is 0 Å². The van der Waals surface area contributed by atoms with Gasteiger partial charge in [0.2, 0.25) is 0 Å². The van der Waals surface area contributed by atoms with Crippen molar-refractivity contribution in [1.82, 2.24) is 10.2 Å². The summed E-state index contributed by atoms with van der Waals surface area (Å²) in [5.74, 6) is -1.31. The van der Waals surface area contributed by atoms with Crippen molar-refractivity contribution in [1.29, 1.82) is 0 Å². The Kier molecular flexibility index (Phi) is 4.53. The van der Waals surface area contributed by atoms with Gasteiger partial charge < -0.3 is 20.2 Å². The van der Waals surface area contributed by atoms with E-state index in [1.54, 1.807) is 0 Å². The number of rotatable bonds is 3. The average Bonchev–Trinajstić information content (AvgIpc) is 2.53. The molecule has 5 nitrogen and oxygen atoms in total. The molecule has 24 heavy (non-hydrogen) atoms. The Balaban J connectivity index is 1.74. The van der Waals surface area contributed by atoms with Crippen molar-refractivity contribution in [2.24, 2.45) is 11.1 Å². The molecule has 1 aromatic carbocycles. The Morgan fingerprint density at radius 1 is 1.29 bits per heavy atom. The summed E-state index contributed by atoms with van der Waals surface area (Å²) in [6.07, 6.45) is -2.87. The molecular weight excluding hydrogens is 330 g/mol. The number of amidine groups is 1. The Morgan fingerprint density at radius 3 is 2.50 bits per heavy atom. The molecule has 3 saturated heterocycles. The zero-order chi connectivity index (χ0) is 17.3. The van der Waals surface area contributed by atoms with Gasteiger partial charge in [0.15, 0.2) is 5.84 Å². The third kappa shape index (κ3) is 3.72. The van der Waals surface area contributed by atoms with Crippen LogP contribution in [0.1, 0.15) is 18.4 Å². The molecule has 3 aliphatic rings. The second kappa shape index (κ2) is 6.46. The molecule has 2 N–H and O–H groups in total. The third-order valence-corrected chi connectivity index (χ3v) is 4.51. The maximum atomic E-state index is 14.1. The Hall–Kier alpha value is -2.03. The van der Waals surface area contributed by atoms with E-state index in [0.29, 0.717) is 12.0 Å². The summed E-state index contributed by atoms with van der Waals surface area (Å²) in [4.78, 5) is 2.27. The zero-order valence-corrected chi connectivity index (χ0v) is 12.7. The number of oxime groups is 1. The Bertz CT molecular complexity index is 628. The van der Waals surface area contributed by atoms with E-state index in [-0.39, 0.29) is 17.4 Å². The first-order valence-corrected chi connectivity index (χ1v) is 7.62. The van der Waals surface area contributed by atoms with Gasteiger partial charge in [0.1, 0.15) is 11.6 Å². The lowest BCUT2D eigenvalue weighted by atomic mass is 9.84. The van der Waals surface area contributed by atoms with E-state index in [1.807, 2.05) is 0 Å². The van der Waals surface area contributed by atoms with Gasteiger partial charge in [-0.25, -0.2) is 4.39 Å². The smallest absolute Gasteiger partial charge is 0.409 e. The van der Waals surface area contributed by atoms with Gasteiger partial charge in [-0.1, -0.05) is 5.16 Å². The summed E-state index contributed by atoms with van der Waals surface area (Å²) in [5.41, 5.74) is -0.108. The van der Waals surface area contributed by atoms with Crippen molar-refractivity contribution < 1.29 is 27.5 Å². The summed E-state index contributed by atoms with van der Waals surface area (Å²) in [6.45, 7) is 2.80. The minimum Gasteiger partial charge on any atom is -0.409 e. The monoisotopic (exact) mass is 347 g/mol. The quantitative estimate of drug-likeness (QED) is 0.290. The second-order valence-corrected chi connectivity index (χ2v) is 6.03. The number of alkyl halides is 3. The number of hydrogen-bond acceptors (Lipinski definition) is 4. The SMILES string of the molecule is O/N=C(/N[C@H]1CN2CCC1CC2)c1ccc(OC(F)(F)F)cc1F. The summed E-state index contributed by atoms with van der Waals surface area (Å²) in [6, 6.07) is 2.71. The lowest BCUT2D eigenvalue weighted by Gasteiger charge is -2.45. The minimum absolute atomic E-state index is 0.0175. The molecule has 132 valence electrons. The topological polar surface area (TPSA) is 57.1 Å². The van der Waals surface area contributed by atoms with Crippen molar-refractivity contribution in [2.45, 2.75) is 25.2 Å². The first-order chi connectivity index (χ1) is 11.4. The summed E-state index contributed by atoms with van der Waals surface area (Å²) in [5, 5.41) is 15.3. The predicted molar refractivity (Wildman–Crippen MR) is 77.5 cm³/mol. The summed E-state index contributed by atoms with van der Waals surface area (Å²) < 4.78 is 54.3. The maximum Gasteiger partial charge on any atom is 0.573 e. The molecule has 0 aliphatic carbocycles. The van der Waals surface area contributed by atoms with Crippen LogP contribution < -0.4 is 10.1 Å². The fourth-order valence-electron chi connectivity index (χ4n) is 3.35. The van der Waals surface area contributed by atoms with Gasteiger partial charge in [0, 0.05) is 18.7 Å². The molecule has 4 rings (SSSR count). The van der Waals surface area contributed by atoms with Crippen molar-refractivity contribution in [3.05, 3.63) is 29.6 Å². The molecule has 0 spiro atoms. The van der Waals surface area contributed by atoms with E-state index >= 15 is 0 Å². The summed E-state index contributed by atoms with van der Waals surface area (Å²) >= 11 is 0. The van der Waals surface area contributed by atoms with Gasteiger partial charge in [-0.05, 0) is 44.0 Å². The molecule has 1 aromatic rings. The fraction of sp³-hybridized carbons (Fsp3) is 0.533. The van der Waals surface area contributed by atoms with E-state index in [1.165, 1.54) is 0 Å². The minimum atomic E-state index is -4.89. The highest BCUT2D eigenvalue weighted by Crippen LogP contribution is 2.28. The largest absolute Gasteiger partial charge is 0.573 e. The molecule has 0 amide bonds. The number of halogens is 4. The molecule has 3 aliphatic heterocycles. The normalized spacial score (nSPS) is 27.2. The standard InChI is InChI=1S/C15H17F4N3O2/c16-12-7-10(24-15(17,18)19)1-2-11(12)14(21-23)20-13-8-22-5-3-9(13)4-6-22/h1-2,7,9,13,23H,3-6,8H2,(H,20,21)/t13-/m0/s1. The van der Waals surface area contributed by atoms with E-state index in [0.717, 1.165) is 44.6 Å². The number of piperidine rings is 3. The molecule has 3 fully saturated rings. The van der Waals surface area contributed by atoms with Crippen LogP contribution in [-0.4, -0.2) is 48.0 Å². The van der Waals surface area contributed by atoms with Gasteiger partial charge in [0.05, 0.1) is 5.56 Å². The van der Waals surface area contributed by atoms with Gasteiger partial charge in [-0.2, -0.15) is 0 Å². The molecule has 0 aromatic heterocycles. The maximum absolute atomic E-state index is 14.1. The molecular formula is C15H17F4N3O2. The van der Waals surface area contributed by atoms with Crippen LogP contribution in [0.4, 0.5) is 17.6 Å². The first-order valence-electron chi connectivity index (χ1n) is 7.62. The number of hydrogen-bond donors (Lipinski definition) is 2. The second-order valence-electron chi connectivity index (χ2n) is 6.03. The molecule has 9 heteroatoms. The first kappa shape index (κ1) is 16.8. The van der Waals surface area contributed by atoms with Crippen molar-refractivity contribution in [3.8, 4) is 5.75 Å². The fourth-order valence-corrected chi connectivity index (χ4v) is 3.35. The predicted octanol–water partition coefficient (Wildman–Crippen LogP) is 2.54. The van der Waals surface area contributed by atoms with Gasteiger partial charge >= 0.3 is 6.36 Å². The van der Waals surface area contributed by atoms with Crippen LogP contribution >= 0.6 is 0 Å². The molecule has 0 radical (unpaired) electrons. The lowest BCUT2D eigenvalue weighted by Crippen LogP contribution is -2.57. The van der Waals surface area contributed by atoms with Crippen LogP contribution in [-0.2, 0) is 0 Å². The van der Waals surface area contributed by atoms with Crippen LogP contribution in [0, 0.1) is 11.7 Å². The molecule has 0 unspecified atom stereocenters. The van der Waals surface area contributed by atoms with Crippen molar-refractivity contribution in [3.63, 3.8) is 0 Å². The lowest BCUT2D eigenvalue weighted by molar-refractivity contribution is -0.274. The molecule has 1 atom stereocenters. The third-order valence-electron chi connectivity index (χ3n) is 4.51. The highest BCUT2D eigenvalue weighted by molar-refractivity contribution is 5.99. The van der Waals surface area contributed by atoms with E-state index in [9.17, 15) is 22.8 Å². The number of nitrogens with zero attached hydrogens (tertiary/aromatic N) is 2. The van der Waals surface area contributed by atoms with Crippen LogP contribution in [0.25, 0.3) is 0 Å². The molecule has 3 heterocycles. The summed E-state index contributed by atoms with van der Waals surface area (Å²) in [7, 11) is 0. The van der Waals surface area contributed by atoms with E-state index in [4.69, 9.17) is 0 Å². The van der Waals surface area contributed by atoms with E-state index in [2.05, 4.69) is 20.1 Å². The highest BCUT2D eigenvalue weighted by Gasteiger charge is 2.35. The van der Waals surface area contributed by atoms with Gasteiger partial charge in [-0.15, -0.1) is 13.2 Å². The molecule has 2 bridgehead atoms. The number of benzene rings is 1. The van der Waals surface area contributed by atoms with Crippen LogP contribution in [0.3, 0.4) is 0 Å². The average molecular weight is 347 g/mol. The number of nitrogens with one attached hydrogen (secondary N) is 1. The number of fused-ring (bicyclic) bond motifs is 3.